The van der Waals surface area contributed by atoms with Crippen LogP contribution in [0.2, 0.25) is 0 Å². The van der Waals surface area contributed by atoms with Crippen LogP contribution in [0.25, 0.3) is 0 Å². The molecular formula is C14H17N3O2S. The maximum absolute atomic E-state index is 12.3. The highest BCUT2D eigenvalue weighted by Gasteiger charge is 2.26. The zero-order chi connectivity index (χ0) is 14.7. The Kier molecular flexibility index (Phi) is 4.34. The van der Waals surface area contributed by atoms with Crippen molar-refractivity contribution in [1.29, 1.82) is 0 Å². The number of nitrogens with zero attached hydrogens (tertiary/aromatic N) is 1. The normalized spacial score (nSPS) is 15.9. The first-order valence-corrected chi connectivity index (χ1v) is 6.88. The van der Waals surface area contributed by atoms with Crippen LogP contribution in [-0.4, -0.2) is 34.8 Å². The Labute approximate surface area is 122 Å². The third-order valence-corrected chi connectivity index (χ3v) is 3.84. The topological polar surface area (TPSA) is 89.4 Å². The van der Waals surface area contributed by atoms with Crippen molar-refractivity contribution in [1.82, 2.24) is 4.90 Å². The van der Waals surface area contributed by atoms with Gasteiger partial charge in [-0.2, -0.15) is 0 Å². The summed E-state index contributed by atoms with van der Waals surface area (Å²) in [4.78, 5) is 25.5. The minimum Gasteiger partial charge on any atom is -0.389 e. The summed E-state index contributed by atoms with van der Waals surface area (Å²) in [7, 11) is 0. The number of benzene rings is 1. The number of likely N-dealkylation sites (tertiary alicyclic amines) is 1. The fraction of sp³-hybridized carbons (Fsp3) is 0.357. The Morgan fingerprint density at radius 3 is 2.00 bits per heavy atom. The molecule has 20 heavy (non-hydrogen) atoms. The van der Waals surface area contributed by atoms with Crippen LogP contribution in [0.1, 0.15) is 28.8 Å². The molecule has 0 unspecified atom stereocenters. The predicted molar refractivity (Wildman–Crippen MR) is 80.2 cm³/mol. The van der Waals surface area contributed by atoms with Gasteiger partial charge >= 0.3 is 0 Å². The van der Waals surface area contributed by atoms with Crippen LogP contribution < -0.4 is 11.5 Å². The maximum atomic E-state index is 12.3. The molecule has 0 aromatic heterocycles. The molecule has 1 aliphatic rings. The van der Waals surface area contributed by atoms with Crippen LogP contribution in [0, 0.1) is 5.92 Å². The van der Waals surface area contributed by atoms with Gasteiger partial charge in [0, 0.05) is 30.1 Å². The lowest BCUT2D eigenvalue weighted by Crippen LogP contribution is -2.41. The molecule has 5 nitrogen and oxygen atoms in total. The van der Waals surface area contributed by atoms with Crippen molar-refractivity contribution in [2.75, 3.05) is 13.1 Å². The Morgan fingerprint density at radius 2 is 1.55 bits per heavy atom. The van der Waals surface area contributed by atoms with Crippen LogP contribution >= 0.6 is 12.2 Å². The van der Waals surface area contributed by atoms with E-state index in [-0.39, 0.29) is 17.7 Å². The zero-order valence-corrected chi connectivity index (χ0v) is 11.9. The van der Waals surface area contributed by atoms with E-state index in [0.29, 0.717) is 36.5 Å². The highest BCUT2D eigenvalue weighted by atomic mass is 32.1. The predicted octanol–water partition coefficient (Wildman–Crippen LogP) is 0.658. The fourth-order valence-electron chi connectivity index (χ4n) is 2.33. The second kappa shape index (κ2) is 6.00. The number of rotatable bonds is 3. The minimum atomic E-state index is -0.280. The monoisotopic (exact) mass is 291 g/mol. The molecule has 2 rings (SSSR count). The van der Waals surface area contributed by atoms with Crippen LogP contribution in [0.5, 0.6) is 0 Å². The number of amides is 2. The molecule has 0 radical (unpaired) electrons. The smallest absolute Gasteiger partial charge is 0.253 e. The summed E-state index contributed by atoms with van der Waals surface area (Å²) in [5.74, 6) is -0.434. The highest BCUT2D eigenvalue weighted by molar-refractivity contribution is 7.80. The summed E-state index contributed by atoms with van der Waals surface area (Å²) in [6.45, 7) is 1.12. The van der Waals surface area contributed by atoms with Crippen molar-refractivity contribution in [3.05, 3.63) is 35.4 Å². The first kappa shape index (κ1) is 14.5. The van der Waals surface area contributed by atoms with Gasteiger partial charge in [0.2, 0.25) is 5.91 Å². The van der Waals surface area contributed by atoms with Crippen molar-refractivity contribution in [3.63, 3.8) is 0 Å². The molecule has 6 heteroatoms. The van der Waals surface area contributed by atoms with Gasteiger partial charge in [0.25, 0.3) is 5.91 Å². The van der Waals surface area contributed by atoms with E-state index in [2.05, 4.69) is 0 Å². The lowest BCUT2D eigenvalue weighted by atomic mass is 9.96. The SMILES string of the molecule is NC(=O)C1CCN(C(=O)c2ccc(C(N)=S)cc2)CC1. The Balaban J connectivity index is 2.01. The van der Waals surface area contributed by atoms with Gasteiger partial charge in [-0.05, 0) is 25.0 Å². The molecule has 0 saturated carbocycles. The van der Waals surface area contributed by atoms with Gasteiger partial charge in [-0.25, -0.2) is 0 Å². The first-order valence-electron chi connectivity index (χ1n) is 6.47. The quantitative estimate of drug-likeness (QED) is 0.801. The molecule has 2 amide bonds. The Hall–Kier alpha value is -1.95. The van der Waals surface area contributed by atoms with Gasteiger partial charge in [0.15, 0.2) is 0 Å². The van der Waals surface area contributed by atoms with Gasteiger partial charge in [0.1, 0.15) is 4.99 Å². The summed E-state index contributed by atoms with van der Waals surface area (Å²) in [6, 6.07) is 6.92. The summed E-state index contributed by atoms with van der Waals surface area (Å²) < 4.78 is 0. The van der Waals surface area contributed by atoms with E-state index in [1.807, 2.05) is 0 Å². The Morgan fingerprint density at radius 1 is 1.05 bits per heavy atom. The summed E-state index contributed by atoms with van der Waals surface area (Å²) in [5.41, 5.74) is 12.1. The van der Waals surface area contributed by atoms with Gasteiger partial charge in [0.05, 0.1) is 0 Å². The number of nitrogens with two attached hydrogens (primary N) is 2. The molecule has 1 aromatic rings. The molecule has 0 atom stereocenters. The molecule has 106 valence electrons. The number of hydrogen-bond acceptors (Lipinski definition) is 3. The van der Waals surface area contributed by atoms with Crippen LogP contribution in [0.4, 0.5) is 0 Å². The third kappa shape index (κ3) is 3.14. The fourth-order valence-corrected chi connectivity index (χ4v) is 2.46. The maximum Gasteiger partial charge on any atom is 0.253 e. The molecule has 1 heterocycles. The molecule has 4 N–H and O–H groups in total. The molecule has 1 fully saturated rings. The van der Waals surface area contributed by atoms with Crippen molar-refractivity contribution >= 4 is 29.0 Å². The van der Waals surface area contributed by atoms with Gasteiger partial charge in [-0.3, -0.25) is 9.59 Å². The minimum absolute atomic E-state index is 0.0394. The van der Waals surface area contributed by atoms with Crippen LogP contribution in [0.15, 0.2) is 24.3 Å². The van der Waals surface area contributed by atoms with Crippen molar-refractivity contribution in [2.24, 2.45) is 17.4 Å². The molecular weight excluding hydrogens is 274 g/mol. The van der Waals surface area contributed by atoms with Gasteiger partial charge < -0.3 is 16.4 Å². The standard InChI is InChI=1S/C14H17N3O2S/c15-12(18)9-5-7-17(8-6-9)14(19)11-3-1-10(2-4-11)13(16)20/h1-4,9H,5-8H2,(H2,15,18)(H2,16,20). The number of carbonyl (C=O) groups excluding carboxylic acids is 2. The molecule has 0 bridgehead atoms. The summed E-state index contributed by atoms with van der Waals surface area (Å²) in [6.07, 6.45) is 1.26. The first-order chi connectivity index (χ1) is 9.49. The number of hydrogen-bond donors (Lipinski definition) is 2. The summed E-state index contributed by atoms with van der Waals surface area (Å²) >= 11 is 4.87. The zero-order valence-electron chi connectivity index (χ0n) is 11.0. The second-order valence-electron chi connectivity index (χ2n) is 4.91. The Bertz CT molecular complexity index is 534. The number of carbonyl (C=O) groups is 2. The number of thiocarbonyl (C=S) groups is 1. The second-order valence-corrected chi connectivity index (χ2v) is 5.35. The lowest BCUT2D eigenvalue weighted by Gasteiger charge is -2.30. The van der Waals surface area contributed by atoms with E-state index in [9.17, 15) is 9.59 Å². The van der Waals surface area contributed by atoms with Crippen LogP contribution in [-0.2, 0) is 4.79 Å². The number of primary amides is 1. The van der Waals surface area contributed by atoms with Gasteiger partial charge in [-0.1, -0.05) is 24.4 Å². The van der Waals surface area contributed by atoms with Crippen LogP contribution in [0.3, 0.4) is 0 Å². The third-order valence-electron chi connectivity index (χ3n) is 3.60. The van der Waals surface area contributed by atoms with E-state index in [1.54, 1.807) is 29.2 Å². The highest BCUT2D eigenvalue weighted by Crippen LogP contribution is 2.18. The molecule has 1 aromatic carbocycles. The molecule has 0 spiro atoms. The van der Waals surface area contributed by atoms with E-state index < -0.39 is 0 Å². The van der Waals surface area contributed by atoms with Crippen molar-refractivity contribution < 1.29 is 9.59 Å². The average Bonchev–Trinajstić information content (AvgIpc) is 2.46. The van der Waals surface area contributed by atoms with E-state index in [0.717, 1.165) is 5.56 Å². The van der Waals surface area contributed by atoms with E-state index >= 15 is 0 Å². The largest absolute Gasteiger partial charge is 0.389 e. The molecule has 1 aliphatic heterocycles. The van der Waals surface area contributed by atoms with E-state index in [4.69, 9.17) is 23.7 Å². The van der Waals surface area contributed by atoms with Crippen molar-refractivity contribution in [3.8, 4) is 0 Å². The van der Waals surface area contributed by atoms with E-state index in [1.165, 1.54) is 0 Å². The molecule has 0 aliphatic carbocycles. The summed E-state index contributed by atoms with van der Waals surface area (Å²) in [5, 5.41) is 0. The van der Waals surface area contributed by atoms with Gasteiger partial charge in [-0.15, -0.1) is 0 Å². The van der Waals surface area contributed by atoms with Crippen molar-refractivity contribution in [2.45, 2.75) is 12.8 Å². The lowest BCUT2D eigenvalue weighted by molar-refractivity contribution is -0.123. The molecule has 1 saturated heterocycles. The average molecular weight is 291 g/mol. The number of piperidine rings is 1.